The van der Waals surface area contributed by atoms with Crippen molar-refractivity contribution in [3.8, 4) is 0 Å². The quantitative estimate of drug-likeness (QED) is 0.736. The molecule has 2 aromatic carbocycles. The minimum Gasteiger partial charge on any atom is -0.378 e. The molecule has 2 heteroatoms. The van der Waals surface area contributed by atoms with Crippen LogP contribution >= 0.6 is 0 Å². The number of hydrogen-bond donors (Lipinski definition) is 1. The summed E-state index contributed by atoms with van der Waals surface area (Å²) in [5.74, 6) is 0.504. The molecule has 2 aliphatic rings. The van der Waals surface area contributed by atoms with E-state index in [0.717, 1.165) is 13.0 Å². The lowest BCUT2D eigenvalue weighted by atomic mass is 9.76. The maximum Gasteiger partial charge on any atom is 0.0895 e. The van der Waals surface area contributed by atoms with Crippen LogP contribution in [0.1, 0.15) is 62.4 Å². The summed E-state index contributed by atoms with van der Waals surface area (Å²) in [6, 6.07) is 18.0. The van der Waals surface area contributed by atoms with Crippen molar-refractivity contribution in [2.75, 3.05) is 11.9 Å². The molecule has 4 rings (SSSR count). The topological polar surface area (TPSA) is 21.3 Å². The number of rotatable bonds is 1. The van der Waals surface area contributed by atoms with Crippen molar-refractivity contribution < 1.29 is 4.74 Å². The molecular weight excluding hydrogens is 294 g/mol. The van der Waals surface area contributed by atoms with Crippen molar-refractivity contribution in [3.05, 3.63) is 65.2 Å². The van der Waals surface area contributed by atoms with E-state index in [9.17, 15) is 0 Å². The van der Waals surface area contributed by atoms with Gasteiger partial charge in [-0.3, -0.25) is 0 Å². The van der Waals surface area contributed by atoms with Gasteiger partial charge in [-0.1, -0.05) is 63.2 Å². The van der Waals surface area contributed by atoms with Crippen LogP contribution in [0.15, 0.2) is 48.5 Å². The van der Waals surface area contributed by atoms with Crippen molar-refractivity contribution >= 4 is 5.69 Å². The highest BCUT2D eigenvalue weighted by Crippen LogP contribution is 2.49. The summed E-state index contributed by atoms with van der Waals surface area (Å²) in [7, 11) is 0. The van der Waals surface area contributed by atoms with E-state index in [-0.39, 0.29) is 11.5 Å². The van der Waals surface area contributed by atoms with E-state index >= 15 is 0 Å². The molecule has 0 radical (unpaired) electrons. The first-order chi connectivity index (χ1) is 11.5. The summed E-state index contributed by atoms with van der Waals surface area (Å²) >= 11 is 0. The Morgan fingerprint density at radius 1 is 1.04 bits per heavy atom. The average molecular weight is 321 g/mol. The second kappa shape index (κ2) is 5.93. The van der Waals surface area contributed by atoms with Crippen molar-refractivity contribution in [2.24, 2.45) is 5.92 Å². The van der Waals surface area contributed by atoms with Crippen molar-refractivity contribution in [2.45, 2.75) is 51.2 Å². The van der Waals surface area contributed by atoms with Crippen LogP contribution in [0.5, 0.6) is 0 Å². The summed E-state index contributed by atoms with van der Waals surface area (Å²) in [5.41, 5.74) is 5.49. The van der Waals surface area contributed by atoms with Crippen molar-refractivity contribution in [1.82, 2.24) is 0 Å². The molecule has 2 aromatic rings. The van der Waals surface area contributed by atoms with Gasteiger partial charge in [-0.2, -0.15) is 0 Å². The Bertz CT molecular complexity index is 716. The molecule has 0 aromatic heterocycles. The molecule has 0 bridgehead atoms. The highest BCUT2D eigenvalue weighted by molar-refractivity contribution is 5.59. The zero-order valence-electron chi connectivity index (χ0n) is 14.9. The van der Waals surface area contributed by atoms with Crippen LogP contribution in [0, 0.1) is 5.92 Å². The third-order valence-corrected chi connectivity index (χ3v) is 5.49. The first kappa shape index (κ1) is 15.7. The van der Waals surface area contributed by atoms with E-state index in [1.807, 2.05) is 0 Å². The van der Waals surface area contributed by atoms with Gasteiger partial charge in [0.1, 0.15) is 0 Å². The number of fused-ring (bicyclic) bond motifs is 3. The smallest absolute Gasteiger partial charge is 0.0895 e. The summed E-state index contributed by atoms with van der Waals surface area (Å²) in [6.45, 7) is 7.70. The third kappa shape index (κ3) is 2.73. The third-order valence-electron chi connectivity index (χ3n) is 5.49. The van der Waals surface area contributed by atoms with Crippen LogP contribution in [0.3, 0.4) is 0 Å². The fraction of sp³-hybridized carbons (Fsp3) is 0.455. The molecule has 2 heterocycles. The van der Waals surface area contributed by atoms with Gasteiger partial charge >= 0.3 is 0 Å². The number of benzene rings is 2. The number of hydrogen-bond acceptors (Lipinski definition) is 2. The van der Waals surface area contributed by atoms with Gasteiger partial charge in [0.05, 0.1) is 12.1 Å². The molecule has 2 aliphatic heterocycles. The molecule has 1 fully saturated rings. The Morgan fingerprint density at radius 2 is 1.83 bits per heavy atom. The Balaban J connectivity index is 1.77. The van der Waals surface area contributed by atoms with Gasteiger partial charge in [0.25, 0.3) is 0 Å². The molecule has 0 amide bonds. The molecule has 126 valence electrons. The average Bonchev–Trinajstić information content (AvgIpc) is 2.60. The second-order valence-corrected chi connectivity index (χ2v) is 8.18. The van der Waals surface area contributed by atoms with E-state index in [0.29, 0.717) is 12.0 Å². The molecule has 0 aliphatic carbocycles. The lowest BCUT2D eigenvalue weighted by Gasteiger charge is -2.44. The fourth-order valence-corrected chi connectivity index (χ4v) is 4.13. The predicted molar refractivity (Wildman–Crippen MR) is 99.4 cm³/mol. The Morgan fingerprint density at radius 3 is 2.58 bits per heavy atom. The first-order valence-electron chi connectivity index (χ1n) is 9.11. The Hall–Kier alpha value is -1.80. The van der Waals surface area contributed by atoms with Gasteiger partial charge in [-0.05, 0) is 35.4 Å². The SMILES string of the molecule is CC(C)(C)c1ccc2c(c1)C1OCCCC1[C@H](c1ccccc1)N2. The number of ether oxygens (including phenoxy) is 1. The van der Waals surface area contributed by atoms with E-state index < -0.39 is 0 Å². The molecule has 2 nitrogen and oxygen atoms in total. The number of anilines is 1. The fourth-order valence-electron chi connectivity index (χ4n) is 4.13. The van der Waals surface area contributed by atoms with Gasteiger partial charge in [0.15, 0.2) is 0 Å². The van der Waals surface area contributed by atoms with Gasteiger partial charge in [-0.15, -0.1) is 0 Å². The summed E-state index contributed by atoms with van der Waals surface area (Å²) in [5, 5.41) is 3.81. The van der Waals surface area contributed by atoms with Crippen LogP contribution < -0.4 is 5.32 Å². The summed E-state index contributed by atoms with van der Waals surface area (Å²) in [4.78, 5) is 0. The van der Waals surface area contributed by atoms with E-state index in [4.69, 9.17) is 4.74 Å². The summed E-state index contributed by atoms with van der Waals surface area (Å²) < 4.78 is 6.29. The van der Waals surface area contributed by atoms with Crippen molar-refractivity contribution in [3.63, 3.8) is 0 Å². The normalized spacial score (nSPS) is 26.2. The molecule has 0 spiro atoms. The zero-order valence-corrected chi connectivity index (χ0v) is 14.9. The van der Waals surface area contributed by atoms with Crippen LogP contribution in [-0.4, -0.2) is 6.61 Å². The molecule has 3 atom stereocenters. The minimum absolute atomic E-state index is 0.162. The second-order valence-electron chi connectivity index (χ2n) is 8.18. The molecule has 0 saturated carbocycles. The molecular formula is C22H27NO. The number of nitrogens with one attached hydrogen (secondary N) is 1. The molecule has 1 saturated heterocycles. The van der Waals surface area contributed by atoms with Gasteiger partial charge < -0.3 is 10.1 Å². The monoisotopic (exact) mass is 321 g/mol. The highest BCUT2D eigenvalue weighted by atomic mass is 16.5. The van der Waals surface area contributed by atoms with Crippen LogP contribution in [0.2, 0.25) is 0 Å². The van der Waals surface area contributed by atoms with Crippen LogP contribution in [-0.2, 0) is 10.2 Å². The van der Waals surface area contributed by atoms with Crippen LogP contribution in [0.25, 0.3) is 0 Å². The maximum absolute atomic E-state index is 6.29. The molecule has 1 N–H and O–H groups in total. The van der Waals surface area contributed by atoms with Gasteiger partial charge in [-0.25, -0.2) is 0 Å². The standard InChI is InChI=1S/C22H27NO/c1-22(2,3)16-11-12-19-18(14-16)21-17(10-7-13-24-21)20(23-19)15-8-5-4-6-9-15/h4-6,8-9,11-12,14,17,20-21,23H,7,10,13H2,1-3H3/t17?,20-,21?/m0/s1. The predicted octanol–water partition coefficient (Wildman–Crippen LogP) is 5.62. The largest absolute Gasteiger partial charge is 0.378 e. The Kier molecular flexibility index (Phi) is 3.88. The van der Waals surface area contributed by atoms with Crippen molar-refractivity contribution in [1.29, 1.82) is 0 Å². The maximum atomic E-state index is 6.29. The van der Waals surface area contributed by atoms with Crippen LogP contribution in [0.4, 0.5) is 5.69 Å². The van der Waals surface area contributed by atoms with E-state index in [2.05, 4.69) is 74.6 Å². The summed E-state index contributed by atoms with van der Waals surface area (Å²) in [6.07, 6.45) is 2.58. The highest BCUT2D eigenvalue weighted by Gasteiger charge is 2.40. The minimum atomic E-state index is 0.162. The molecule has 24 heavy (non-hydrogen) atoms. The first-order valence-corrected chi connectivity index (χ1v) is 9.11. The lowest BCUT2D eigenvalue weighted by Crippen LogP contribution is -2.36. The lowest BCUT2D eigenvalue weighted by molar-refractivity contribution is -0.0382. The van der Waals surface area contributed by atoms with Gasteiger partial charge in [0, 0.05) is 23.8 Å². The van der Waals surface area contributed by atoms with Gasteiger partial charge in [0.2, 0.25) is 0 Å². The molecule has 2 unspecified atom stereocenters. The van der Waals surface area contributed by atoms with E-state index in [1.54, 1.807) is 0 Å². The zero-order chi connectivity index (χ0) is 16.7. The van der Waals surface area contributed by atoms with E-state index in [1.165, 1.54) is 28.8 Å². The Labute approximate surface area is 145 Å².